The Kier molecular flexibility index (Phi) is 3.81. The zero-order chi connectivity index (χ0) is 14.3. The van der Waals surface area contributed by atoms with Gasteiger partial charge in [0.15, 0.2) is 0 Å². The first-order valence-electron chi connectivity index (χ1n) is 4.20. The number of benzene rings is 1. The van der Waals surface area contributed by atoms with Crippen molar-refractivity contribution < 1.29 is 35.1 Å². The topological polar surface area (TPSA) is 0 Å². The Morgan fingerprint density at radius 3 is 1.39 bits per heavy atom. The monoisotopic (exact) mass is 298 g/mol. The van der Waals surface area contributed by atoms with Crippen molar-refractivity contribution in [2.24, 2.45) is 0 Å². The predicted octanol–water partition coefficient (Wildman–Crippen LogP) is 5.32. The Bertz CT molecular complexity index is 410. The molecule has 0 unspecified atom stereocenters. The second-order valence-corrected chi connectivity index (χ2v) is 3.65. The maximum Gasteiger partial charge on any atom is 0.416 e. The molecule has 18 heavy (non-hydrogen) atoms. The summed E-state index contributed by atoms with van der Waals surface area (Å²) in [6.45, 7) is 0. The fraction of sp³-hybridized carbons (Fsp3) is 0.333. The molecule has 0 aliphatic heterocycles. The molecule has 0 nitrogen and oxygen atoms in total. The van der Waals surface area contributed by atoms with Crippen LogP contribution in [0.25, 0.3) is 0 Å². The van der Waals surface area contributed by atoms with Crippen molar-refractivity contribution in [1.29, 1.82) is 0 Å². The first-order valence-corrected chi connectivity index (χ1v) is 4.58. The Morgan fingerprint density at radius 1 is 0.833 bits per heavy atom. The lowest BCUT2D eigenvalue weighted by Gasteiger charge is -2.18. The standard InChI is InChI=1S/C9H3ClF8/c10-3-1-4(8(13,14)15)6(7(11)12)5(2-3)9(16,17)18/h1-2,7H. The molecule has 0 heterocycles. The van der Waals surface area contributed by atoms with E-state index in [1.807, 2.05) is 0 Å². The number of hydrogen-bond donors (Lipinski definition) is 0. The molecule has 0 spiro atoms. The van der Waals surface area contributed by atoms with Gasteiger partial charge in [0, 0.05) is 10.6 Å². The van der Waals surface area contributed by atoms with Crippen LogP contribution in [0.2, 0.25) is 5.02 Å². The molecule has 1 rings (SSSR count). The van der Waals surface area contributed by atoms with Crippen molar-refractivity contribution in [3.8, 4) is 0 Å². The number of alkyl halides is 8. The minimum atomic E-state index is -5.35. The van der Waals surface area contributed by atoms with Crippen LogP contribution in [-0.2, 0) is 12.4 Å². The predicted molar refractivity (Wildman–Crippen MR) is 46.4 cm³/mol. The van der Waals surface area contributed by atoms with Crippen LogP contribution in [0.4, 0.5) is 35.1 Å². The largest absolute Gasteiger partial charge is 0.416 e. The van der Waals surface area contributed by atoms with E-state index in [2.05, 4.69) is 0 Å². The summed E-state index contributed by atoms with van der Waals surface area (Å²) in [4.78, 5) is 0. The third kappa shape index (κ3) is 3.04. The summed E-state index contributed by atoms with van der Waals surface area (Å²) in [7, 11) is 0. The van der Waals surface area contributed by atoms with Gasteiger partial charge in [-0.15, -0.1) is 0 Å². The van der Waals surface area contributed by atoms with E-state index >= 15 is 0 Å². The molecule has 0 aromatic heterocycles. The molecule has 0 aliphatic rings. The molecule has 0 fully saturated rings. The van der Waals surface area contributed by atoms with E-state index in [9.17, 15) is 35.1 Å². The van der Waals surface area contributed by atoms with Gasteiger partial charge in [0.1, 0.15) is 0 Å². The molecule has 0 atom stereocenters. The molecule has 0 amide bonds. The van der Waals surface area contributed by atoms with Crippen LogP contribution in [0.15, 0.2) is 12.1 Å². The van der Waals surface area contributed by atoms with E-state index in [0.29, 0.717) is 0 Å². The van der Waals surface area contributed by atoms with Gasteiger partial charge < -0.3 is 0 Å². The van der Waals surface area contributed by atoms with E-state index in [-0.39, 0.29) is 12.1 Å². The van der Waals surface area contributed by atoms with Crippen LogP contribution in [0.3, 0.4) is 0 Å². The number of rotatable bonds is 1. The normalized spacial score (nSPS) is 13.2. The fourth-order valence-electron chi connectivity index (χ4n) is 1.32. The van der Waals surface area contributed by atoms with Crippen molar-refractivity contribution in [2.45, 2.75) is 18.8 Å². The molecule has 9 heteroatoms. The molecule has 0 saturated carbocycles. The van der Waals surface area contributed by atoms with Crippen molar-refractivity contribution in [3.05, 3.63) is 33.8 Å². The first-order chi connectivity index (χ1) is 7.94. The van der Waals surface area contributed by atoms with E-state index in [1.54, 1.807) is 0 Å². The molecule has 0 radical (unpaired) electrons. The number of hydrogen-bond acceptors (Lipinski definition) is 0. The minimum absolute atomic E-state index is 0.0400. The highest BCUT2D eigenvalue weighted by molar-refractivity contribution is 6.30. The van der Waals surface area contributed by atoms with Gasteiger partial charge in [0.25, 0.3) is 6.43 Å². The van der Waals surface area contributed by atoms with Gasteiger partial charge in [-0.1, -0.05) is 11.6 Å². The van der Waals surface area contributed by atoms with Crippen LogP contribution < -0.4 is 0 Å². The molecular weight excluding hydrogens is 296 g/mol. The average Bonchev–Trinajstić information content (AvgIpc) is 2.12. The molecule has 0 aliphatic carbocycles. The van der Waals surface area contributed by atoms with Gasteiger partial charge in [-0.25, -0.2) is 8.78 Å². The third-order valence-corrected chi connectivity index (χ3v) is 2.19. The average molecular weight is 299 g/mol. The zero-order valence-corrected chi connectivity index (χ0v) is 8.89. The Morgan fingerprint density at radius 2 is 1.17 bits per heavy atom. The van der Waals surface area contributed by atoms with Gasteiger partial charge >= 0.3 is 12.4 Å². The molecule has 102 valence electrons. The quantitative estimate of drug-likeness (QED) is 0.616. The van der Waals surface area contributed by atoms with Gasteiger partial charge in [0.05, 0.1) is 11.1 Å². The summed E-state index contributed by atoms with van der Waals surface area (Å²) in [6, 6.07) is 0.0799. The van der Waals surface area contributed by atoms with Gasteiger partial charge in [-0.2, -0.15) is 26.3 Å². The molecule has 0 bridgehead atoms. The van der Waals surface area contributed by atoms with E-state index < -0.39 is 40.5 Å². The summed E-state index contributed by atoms with van der Waals surface area (Å²) in [5, 5.41) is -0.918. The van der Waals surface area contributed by atoms with Crippen molar-refractivity contribution in [1.82, 2.24) is 0 Å². The molecule has 1 aromatic carbocycles. The molecule has 1 aromatic rings. The molecule has 0 N–H and O–H groups in total. The minimum Gasteiger partial charge on any atom is -0.205 e. The summed E-state index contributed by atoms with van der Waals surface area (Å²) in [5.41, 5.74) is -6.28. The zero-order valence-electron chi connectivity index (χ0n) is 8.13. The van der Waals surface area contributed by atoms with Gasteiger partial charge in [0.2, 0.25) is 0 Å². The third-order valence-electron chi connectivity index (χ3n) is 1.97. The Labute approximate surface area is 100 Å². The molecule has 0 saturated heterocycles. The van der Waals surface area contributed by atoms with Gasteiger partial charge in [-0.3, -0.25) is 0 Å². The Hall–Kier alpha value is -1.05. The van der Waals surface area contributed by atoms with Gasteiger partial charge in [-0.05, 0) is 12.1 Å². The van der Waals surface area contributed by atoms with E-state index in [0.717, 1.165) is 0 Å². The van der Waals surface area contributed by atoms with Crippen molar-refractivity contribution in [3.63, 3.8) is 0 Å². The highest BCUT2D eigenvalue weighted by Crippen LogP contribution is 2.44. The summed E-state index contributed by atoms with van der Waals surface area (Å²) in [5.74, 6) is 0. The maximum atomic E-state index is 12.4. The number of halogens is 9. The molecular formula is C9H3ClF8. The lowest BCUT2D eigenvalue weighted by Crippen LogP contribution is -2.17. The smallest absolute Gasteiger partial charge is 0.205 e. The van der Waals surface area contributed by atoms with Crippen molar-refractivity contribution in [2.75, 3.05) is 0 Å². The highest BCUT2D eigenvalue weighted by Gasteiger charge is 2.43. The lowest BCUT2D eigenvalue weighted by atomic mass is 10.0. The summed E-state index contributed by atoms with van der Waals surface area (Å²) in [6.07, 6.45) is -14.6. The maximum absolute atomic E-state index is 12.4. The highest BCUT2D eigenvalue weighted by atomic mass is 35.5. The second kappa shape index (κ2) is 4.56. The Balaban J connectivity index is 3.68. The second-order valence-electron chi connectivity index (χ2n) is 3.21. The summed E-state index contributed by atoms with van der Waals surface area (Å²) < 4.78 is 99.3. The van der Waals surface area contributed by atoms with Crippen molar-refractivity contribution >= 4 is 11.6 Å². The van der Waals surface area contributed by atoms with E-state index in [1.165, 1.54) is 0 Å². The van der Waals surface area contributed by atoms with Crippen LogP contribution >= 0.6 is 11.6 Å². The first kappa shape index (κ1) is 15.0. The van der Waals surface area contributed by atoms with Crippen LogP contribution in [-0.4, -0.2) is 0 Å². The summed E-state index contributed by atoms with van der Waals surface area (Å²) >= 11 is 5.09. The van der Waals surface area contributed by atoms with E-state index in [4.69, 9.17) is 11.6 Å². The SMILES string of the molecule is FC(F)c1c(C(F)(F)F)cc(Cl)cc1C(F)(F)F. The fourth-order valence-corrected chi connectivity index (χ4v) is 1.54. The van der Waals surface area contributed by atoms with Crippen LogP contribution in [0.5, 0.6) is 0 Å². The van der Waals surface area contributed by atoms with Crippen LogP contribution in [0.1, 0.15) is 23.1 Å². The van der Waals surface area contributed by atoms with Crippen LogP contribution in [0, 0.1) is 0 Å². The lowest BCUT2D eigenvalue weighted by molar-refractivity contribution is -0.146.